The lowest BCUT2D eigenvalue weighted by Gasteiger charge is -2.13. The highest BCUT2D eigenvalue weighted by Crippen LogP contribution is 2.36. The van der Waals surface area contributed by atoms with Crippen LogP contribution in [0.25, 0.3) is 10.9 Å². The first-order chi connectivity index (χ1) is 12.1. The fraction of sp³-hybridized carbons (Fsp3) is 0.118. The van der Waals surface area contributed by atoms with Gasteiger partial charge in [-0.3, -0.25) is 15.1 Å². The van der Waals surface area contributed by atoms with E-state index in [0.29, 0.717) is 16.8 Å². The van der Waals surface area contributed by atoms with Crippen molar-refractivity contribution in [1.82, 2.24) is 4.98 Å². The van der Waals surface area contributed by atoms with Crippen LogP contribution in [-0.2, 0) is 6.18 Å². The Kier molecular flexibility index (Phi) is 4.45. The second kappa shape index (κ2) is 6.45. The van der Waals surface area contributed by atoms with Crippen molar-refractivity contribution < 1.29 is 18.1 Å². The number of rotatable bonds is 3. The number of aryl methyl sites for hydroxylation is 1. The molecule has 26 heavy (non-hydrogen) atoms. The summed E-state index contributed by atoms with van der Waals surface area (Å²) in [5.74, 6) is 0. The molecule has 0 amide bonds. The third-order valence-corrected chi connectivity index (χ3v) is 3.93. The number of halogens is 4. The Morgan fingerprint density at radius 2 is 1.85 bits per heavy atom. The average molecular weight is 382 g/mol. The Morgan fingerprint density at radius 1 is 1.12 bits per heavy atom. The van der Waals surface area contributed by atoms with Gasteiger partial charge in [0.1, 0.15) is 5.69 Å². The number of hydrogen-bond donors (Lipinski definition) is 1. The lowest BCUT2D eigenvalue weighted by Crippen LogP contribution is -2.05. The van der Waals surface area contributed by atoms with Crippen LogP contribution in [0.15, 0.2) is 42.5 Å². The first-order valence-electron chi connectivity index (χ1n) is 7.35. The predicted octanol–water partition coefficient (Wildman–Crippen LogP) is 5.87. The van der Waals surface area contributed by atoms with Crippen LogP contribution in [0, 0.1) is 17.0 Å². The number of hydrogen-bond acceptors (Lipinski definition) is 4. The Morgan fingerprint density at radius 3 is 2.50 bits per heavy atom. The molecule has 0 aliphatic carbocycles. The molecule has 0 unspecified atom stereocenters. The zero-order valence-electron chi connectivity index (χ0n) is 13.3. The smallest absolute Gasteiger partial charge is 0.349 e. The SMILES string of the molecule is Cc1cc(Nc2ccc(Cl)cc2[N+](=O)[O-])c2ccc(C(F)(F)F)cc2n1. The number of alkyl halides is 3. The number of fused-ring (bicyclic) bond motifs is 1. The predicted molar refractivity (Wildman–Crippen MR) is 92.9 cm³/mol. The molecule has 0 aliphatic heterocycles. The summed E-state index contributed by atoms with van der Waals surface area (Å²) in [5.41, 5.74) is 0.131. The van der Waals surface area contributed by atoms with Crippen molar-refractivity contribution >= 4 is 39.6 Å². The van der Waals surface area contributed by atoms with Crippen molar-refractivity contribution in [3.63, 3.8) is 0 Å². The minimum atomic E-state index is -4.48. The molecule has 0 radical (unpaired) electrons. The molecule has 0 saturated carbocycles. The number of pyridine rings is 1. The standard InChI is InChI=1S/C17H11ClF3N3O2/c1-9-6-14(23-13-5-3-11(18)8-16(13)24(25)26)12-4-2-10(17(19,20)21)7-15(12)22-9/h2-8H,1H3,(H,22,23). The molecule has 0 fully saturated rings. The molecule has 5 nitrogen and oxygen atoms in total. The van der Waals surface area contributed by atoms with Gasteiger partial charge in [0.2, 0.25) is 0 Å². The topological polar surface area (TPSA) is 68.1 Å². The molecule has 1 N–H and O–H groups in total. The van der Waals surface area contributed by atoms with Crippen LogP contribution in [0.4, 0.5) is 30.2 Å². The number of nitro groups is 1. The molecular weight excluding hydrogens is 371 g/mol. The monoisotopic (exact) mass is 381 g/mol. The van der Waals surface area contributed by atoms with Gasteiger partial charge >= 0.3 is 6.18 Å². The first kappa shape index (κ1) is 17.9. The van der Waals surface area contributed by atoms with Crippen molar-refractivity contribution in [2.75, 3.05) is 5.32 Å². The zero-order chi connectivity index (χ0) is 19.1. The summed E-state index contributed by atoms with van der Waals surface area (Å²) in [5, 5.41) is 14.7. The largest absolute Gasteiger partial charge is 0.416 e. The minimum Gasteiger partial charge on any atom is -0.349 e. The second-order valence-electron chi connectivity index (χ2n) is 5.58. The molecular formula is C17H11ClF3N3O2. The lowest BCUT2D eigenvalue weighted by molar-refractivity contribution is -0.383. The number of aromatic nitrogens is 1. The van der Waals surface area contributed by atoms with E-state index in [9.17, 15) is 23.3 Å². The normalized spacial score (nSPS) is 11.6. The maximum absolute atomic E-state index is 12.9. The van der Waals surface area contributed by atoms with Gasteiger partial charge in [-0.15, -0.1) is 0 Å². The third-order valence-electron chi connectivity index (χ3n) is 3.69. The van der Waals surface area contributed by atoms with Crippen LogP contribution >= 0.6 is 11.6 Å². The van der Waals surface area contributed by atoms with Gasteiger partial charge in [-0.05, 0) is 37.3 Å². The van der Waals surface area contributed by atoms with E-state index in [1.807, 2.05) is 0 Å². The Hall–Kier alpha value is -2.87. The van der Waals surface area contributed by atoms with E-state index in [2.05, 4.69) is 10.3 Å². The molecule has 0 aliphatic rings. The zero-order valence-corrected chi connectivity index (χ0v) is 14.0. The van der Waals surface area contributed by atoms with Crippen LogP contribution in [0.1, 0.15) is 11.3 Å². The first-order valence-corrected chi connectivity index (χ1v) is 7.72. The molecule has 134 valence electrons. The molecule has 9 heteroatoms. The van der Waals surface area contributed by atoms with E-state index in [0.717, 1.165) is 12.1 Å². The number of nitrogens with zero attached hydrogens (tertiary/aromatic N) is 2. The molecule has 3 aromatic rings. The highest BCUT2D eigenvalue weighted by Gasteiger charge is 2.30. The van der Waals surface area contributed by atoms with Crippen molar-refractivity contribution in [2.45, 2.75) is 13.1 Å². The number of nitrogens with one attached hydrogen (secondary N) is 1. The lowest BCUT2D eigenvalue weighted by atomic mass is 10.1. The highest BCUT2D eigenvalue weighted by molar-refractivity contribution is 6.31. The van der Waals surface area contributed by atoms with Crippen molar-refractivity contribution in [1.29, 1.82) is 0 Å². The van der Waals surface area contributed by atoms with Crippen LogP contribution in [-0.4, -0.2) is 9.91 Å². The van der Waals surface area contributed by atoms with E-state index in [4.69, 9.17) is 11.6 Å². The van der Waals surface area contributed by atoms with Crippen LogP contribution in [0.2, 0.25) is 5.02 Å². The van der Waals surface area contributed by atoms with Crippen molar-refractivity contribution in [2.24, 2.45) is 0 Å². The average Bonchev–Trinajstić information content (AvgIpc) is 2.54. The molecule has 0 atom stereocenters. The maximum Gasteiger partial charge on any atom is 0.416 e. The Labute approximate surface area is 150 Å². The summed E-state index contributed by atoms with van der Waals surface area (Å²) < 4.78 is 38.7. The summed E-state index contributed by atoms with van der Waals surface area (Å²) in [4.78, 5) is 14.8. The minimum absolute atomic E-state index is 0.138. The van der Waals surface area contributed by atoms with Crippen LogP contribution in [0.3, 0.4) is 0 Å². The molecule has 0 spiro atoms. The summed E-state index contributed by atoms with van der Waals surface area (Å²) in [7, 11) is 0. The number of anilines is 2. The van der Waals surface area contributed by atoms with Crippen molar-refractivity contribution in [3.8, 4) is 0 Å². The molecule has 2 aromatic carbocycles. The Balaban J connectivity index is 2.13. The van der Waals surface area contributed by atoms with Gasteiger partial charge in [0.15, 0.2) is 0 Å². The summed E-state index contributed by atoms with van der Waals surface area (Å²) in [6, 6.07) is 8.90. The van der Waals surface area contributed by atoms with Gasteiger partial charge < -0.3 is 5.32 Å². The van der Waals surface area contributed by atoms with Gasteiger partial charge in [0, 0.05) is 27.9 Å². The second-order valence-corrected chi connectivity index (χ2v) is 6.02. The maximum atomic E-state index is 12.9. The van der Waals surface area contributed by atoms with E-state index >= 15 is 0 Å². The third kappa shape index (κ3) is 3.55. The van der Waals surface area contributed by atoms with E-state index in [-0.39, 0.29) is 21.9 Å². The van der Waals surface area contributed by atoms with Gasteiger partial charge in [0.05, 0.1) is 16.0 Å². The van der Waals surface area contributed by atoms with E-state index in [1.54, 1.807) is 13.0 Å². The van der Waals surface area contributed by atoms with Crippen LogP contribution in [0.5, 0.6) is 0 Å². The van der Waals surface area contributed by atoms with Gasteiger partial charge in [-0.25, -0.2) is 0 Å². The van der Waals surface area contributed by atoms with E-state index < -0.39 is 16.7 Å². The van der Waals surface area contributed by atoms with Crippen molar-refractivity contribution in [3.05, 3.63) is 68.9 Å². The van der Waals surface area contributed by atoms with Gasteiger partial charge in [-0.1, -0.05) is 17.7 Å². The molecule has 1 aromatic heterocycles. The van der Waals surface area contributed by atoms with Crippen LogP contribution < -0.4 is 5.32 Å². The quantitative estimate of drug-likeness (QED) is 0.455. The summed E-state index contributed by atoms with van der Waals surface area (Å²) in [6.45, 7) is 1.63. The Bertz CT molecular complexity index is 1020. The molecule has 0 saturated heterocycles. The van der Waals surface area contributed by atoms with E-state index in [1.165, 1.54) is 24.3 Å². The molecule has 0 bridgehead atoms. The molecule has 1 heterocycles. The number of benzene rings is 2. The fourth-order valence-electron chi connectivity index (χ4n) is 2.55. The summed E-state index contributed by atoms with van der Waals surface area (Å²) in [6.07, 6.45) is -4.48. The summed E-state index contributed by atoms with van der Waals surface area (Å²) >= 11 is 5.80. The van der Waals surface area contributed by atoms with Gasteiger partial charge in [0.25, 0.3) is 5.69 Å². The van der Waals surface area contributed by atoms with Gasteiger partial charge in [-0.2, -0.15) is 13.2 Å². The molecule has 3 rings (SSSR count). The highest BCUT2D eigenvalue weighted by atomic mass is 35.5. The fourth-order valence-corrected chi connectivity index (χ4v) is 2.71. The number of nitro benzene ring substituents is 1.